The van der Waals surface area contributed by atoms with Crippen LogP contribution >= 0.6 is 15.9 Å². The van der Waals surface area contributed by atoms with E-state index in [9.17, 15) is 18.9 Å². The van der Waals surface area contributed by atoms with Gasteiger partial charge in [-0.25, -0.2) is 8.78 Å². The third kappa shape index (κ3) is 3.75. The molecule has 1 N–H and O–H groups in total. The molecular formula is C14H11BrF2N2O2. The van der Waals surface area contributed by atoms with E-state index >= 15 is 0 Å². The van der Waals surface area contributed by atoms with Gasteiger partial charge in [0.05, 0.1) is 15.5 Å². The van der Waals surface area contributed by atoms with Gasteiger partial charge in [0.15, 0.2) is 0 Å². The second-order valence-electron chi connectivity index (χ2n) is 4.51. The fraction of sp³-hybridized carbons (Fsp3) is 0.143. The van der Waals surface area contributed by atoms with E-state index < -0.39 is 10.7 Å². The maximum absolute atomic E-state index is 13.3. The maximum atomic E-state index is 13.3. The number of nitrogens with zero attached hydrogens (tertiary/aromatic N) is 1. The van der Waals surface area contributed by atoms with E-state index in [0.717, 1.165) is 6.07 Å². The molecule has 0 aromatic heterocycles. The number of non-ortho nitro benzene ring substituents is 1. The molecule has 2 aromatic carbocycles. The predicted molar refractivity (Wildman–Crippen MR) is 79.2 cm³/mol. The Labute approximate surface area is 128 Å². The molecule has 0 fully saturated rings. The zero-order chi connectivity index (χ0) is 15.6. The lowest BCUT2D eigenvalue weighted by Crippen LogP contribution is -2.03. The molecule has 7 heteroatoms. The van der Waals surface area contributed by atoms with E-state index in [4.69, 9.17) is 0 Å². The Kier molecular flexibility index (Phi) is 4.52. The number of hydrogen-bond donors (Lipinski definition) is 1. The van der Waals surface area contributed by atoms with Crippen molar-refractivity contribution in [3.8, 4) is 0 Å². The molecule has 4 nitrogen and oxygen atoms in total. The standard InChI is InChI=1S/C14H11BrF2N2O2/c1-8-2-13(17)12(15)6-14(8)18-7-9-3-10(16)5-11(4-9)19(20)21/h2-6,18H,7H2,1H3. The molecule has 110 valence electrons. The van der Waals surface area contributed by atoms with Crippen molar-refractivity contribution in [1.29, 1.82) is 0 Å². The highest BCUT2D eigenvalue weighted by molar-refractivity contribution is 9.10. The molecule has 0 unspecified atom stereocenters. The van der Waals surface area contributed by atoms with Gasteiger partial charge < -0.3 is 5.32 Å². The molecule has 2 aromatic rings. The van der Waals surface area contributed by atoms with Crippen molar-refractivity contribution in [3.05, 3.63) is 67.7 Å². The highest BCUT2D eigenvalue weighted by Gasteiger charge is 2.10. The summed E-state index contributed by atoms with van der Waals surface area (Å²) in [4.78, 5) is 10.0. The highest BCUT2D eigenvalue weighted by atomic mass is 79.9. The summed E-state index contributed by atoms with van der Waals surface area (Å²) in [5.74, 6) is -1.04. The first-order chi connectivity index (χ1) is 9.86. The largest absolute Gasteiger partial charge is 0.381 e. The van der Waals surface area contributed by atoms with E-state index in [1.807, 2.05) is 0 Å². The SMILES string of the molecule is Cc1cc(F)c(Br)cc1NCc1cc(F)cc([N+](=O)[O-])c1. The van der Waals surface area contributed by atoms with Gasteiger partial charge >= 0.3 is 0 Å². The van der Waals surface area contributed by atoms with Crippen LogP contribution in [0.4, 0.5) is 20.2 Å². The summed E-state index contributed by atoms with van der Waals surface area (Å²) in [6.45, 7) is 1.92. The van der Waals surface area contributed by atoms with E-state index in [-0.39, 0.29) is 18.0 Å². The Morgan fingerprint density at radius 2 is 1.95 bits per heavy atom. The van der Waals surface area contributed by atoms with Gasteiger partial charge in [0.25, 0.3) is 5.69 Å². The zero-order valence-corrected chi connectivity index (χ0v) is 12.6. The number of halogens is 3. The minimum absolute atomic E-state index is 0.192. The number of benzene rings is 2. The van der Waals surface area contributed by atoms with Crippen molar-refractivity contribution >= 4 is 27.3 Å². The lowest BCUT2D eigenvalue weighted by Gasteiger charge is -2.11. The predicted octanol–water partition coefficient (Wildman–Crippen LogP) is 4.56. The average Bonchev–Trinajstić information content (AvgIpc) is 2.40. The summed E-state index contributed by atoms with van der Waals surface area (Å²) in [5, 5.41) is 13.7. The summed E-state index contributed by atoms with van der Waals surface area (Å²) in [6, 6.07) is 6.31. The number of nitro benzene ring substituents is 1. The molecule has 0 saturated heterocycles. The second-order valence-corrected chi connectivity index (χ2v) is 5.36. The fourth-order valence-corrected chi connectivity index (χ4v) is 2.22. The lowest BCUT2D eigenvalue weighted by molar-refractivity contribution is -0.385. The maximum Gasteiger partial charge on any atom is 0.272 e. The monoisotopic (exact) mass is 356 g/mol. The smallest absolute Gasteiger partial charge is 0.272 e. The molecule has 0 bridgehead atoms. The third-order valence-corrected chi connectivity index (χ3v) is 3.51. The van der Waals surface area contributed by atoms with Gasteiger partial charge in [-0.2, -0.15) is 0 Å². The zero-order valence-electron chi connectivity index (χ0n) is 11.0. The van der Waals surface area contributed by atoms with E-state index in [2.05, 4.69) is 21.2 Å². The Bertz CT molecular complexity index is 708. The number of hydrogen-bond acceptors (Lipinski definition) is 3. The van der Waals surface area contributed by atoms with Gasteiger partial charge in [-0.15, -0.1) is 0 Å². The molecule has 21 heavy (non-hydrogen) atoms. The first-order valence-corrected chi connectivity index (χ1v) is 6.79. The number of nitro groups is 1. The third-order valence-electron chi connectivity index (χ3n) is 2.90. The first kappa shape index (κ1) is 15.4. The van der Waals surface area contributed by atoms with Crippen LogP contribution in [-0.4, -0.2) is 4.92 Å². The summed E-state index contributed by atoms with van der Waals surface area (Å²) in [5.41, 5.74) is 1.47. The van der Waals surface area contributed by atoms with Gasteiger partial charge in [-0.1, -0.05) is 0 Å². The van der Waals surface area contributed by atoms with Crippen LogP contribution in [0.1, 0.15) is 11.1 Å². The van der Waals surface area contributed by atoms with Gasteiger partial charge in [0, 0.05) is 18.3 Å². The lowest BCUT2D eigenvalue weighted by atomic mass is 10.1. The number of aryl methyl sites for hydroxylation is 1. The quantitative estimate of drug-likeness (QED) is 0.645. The van der Waals surface area contributed by atoms with Crippen LogP contribution < -0.4 is 5.32 Å². The van der Waals surface area contributed by atoms with E-state index in [1.54, 1.807) is 13.0 Å². The van der Waals surface area contributed by atoms with Gasteiger partial charge in [0.2, 0.25) is 0 Å². The van der Waals surface area contributed by atoms with Gasteiger partial charge in [0.1, 0.15) is 11.6 Å². The minimum Gasteiger partial charge on any atom is -0.381 e. The molecule has 0 amide bonds. The first-order valence-electron chi connectivity index (χ1n) is 6.00. The van der Waals surface area contributed by atoms with Crippen molar-refractivity contribution in [2.24, 2.45) is 0 Å². The van der Waals surface area contributed by atoms with Crippen LogP contribution in [-0.2, 0) is 6.54 Å². The van der Waals surface area contributed by atoms with Crippen LogP contribution in [0, 0.1) is 28.7 Å². The molecule has 0 heterocycles. The molecule has 2 rings (SSSR count). The van der Waals surface area contributed by atoms with E-state index in [0.29, 0.717) is 21.3 Å². The number of rotatable bonds is 4. The number of anilines is 1. The van der Waals surface area contributed by atoms with Crippen LogP contribution in [0.5, 0.6) is 0 Å². The molecular weight excluding hydrogens is 346 g/mol. The van der Waals surface area contributed by atoms with Crippen molar-refractivity contribution in [2.75, 3.05) is 5.32 Å². The van der Waals surface area contributed by atoms with Gasteiger partial charge in [-0.3, -0.25) is 10.1 Å². The Morgan fingerprint density at radius 3 is 2.62 bits per heavy atom. The average molecular weight is 357 g/mol. The summed E-state index contributed by atoms with van der Waals surface area (Å²) >= 11 is 3.08. The Hall–Kier alpha value is -2.02. The molecule has 0 spiro atoms. The summed E-state index contributed by atoms with van der Waals surface area (Å²) < 4.78 is 26.9. The van der Waals surface area contributed by atoms with Crippen LogP contribution in [0.2, 0.25) is 0 Å². The number of nitrogens with one attached hydrogen (secondary N) is 1. The summed E-state index contributed by atoms with van der Waals surface area (Å²) in [7, 11) is 0. The van der Waals surface area contributed by atoms with Crippen molar-refractivity contribution in [3.63, 3.8) is 0 Å². The second kappa shape index (κ2) is 6.17. The Balaban J connectivity index is 2.20. The van der Waals surface area contributed by atoms with E-state index in [1.165, 1.54) is 18.2 Å². The molecule has 0 aliphatic rings. The molecule has 0 saturated carbocycles. The Morgan fingerprint density at radius 1 is 1.24 bits per heavy atom. The molecule has 0 atom stereocenters. The fourth-order valence-electron chi connectivity index (χ4n) is 1.87. The van der Waals surface area contributed by atoms with Gasteiger partial charge in [-0.05, 0) is 52.2 Å². The topological polar surface area (TPSA) is 55.2 Å². The minimum atomic E-state index is -0.669. The van der Waals surface area contributed by atoms with Crippen molar-refractivity contribution < 1.29 is 13.7 Å². The van der Waals surface area contributed by atoms with Crippen molar-refractivity contribution in [2.45, 2.75) is 13.5 Å². The molecule has 0 aliphatic heterocycles. The van der Waals surface area contributed by atoms with Crippen LogP contribution in [0.15, 0.2) is 34.8 Å². The normalized spacial score (nSPS) is 10.5. The van der Waals surface area contributed by atoms with Crippen LogP contribution in [0.25, 0.3) is 0 Å². The molecule has 0 radical (unpaired) electrons. The molecule has 0 aliphatic carbocycles. The summed E-state index contributed by atoms with van der Waals surface area (Å²) in [6.07, 6.45) is 0. The van der Waals surface area contributed by atoms with Crippen molar-refractivity contribution in [1.82, 2.24) is 0 Å². The van der Waals surface area contributed by atoms with Crippen LogP contribution in [0.3, 0.4) is 0 Å². The highest BCUT2D eigenvalue weighted by Crippen LogP contribution is 2.25.